The van der Waals surface area contributed by atoms with E-state index in [1.807, 2.05) is 0 Å². The van der Waals surface area contributed by atoms with Crippen molar-refractivity contribution in [1.29, 1.82) is 0 Å². The predicted octanol–water partition coefficient (Wildman–Crippen LogP) is 2.09. The van der Waals surface area contributed by atoms with Crippen LogP contribution in [0, 0.1) is 11.8 Å². The SMILES string of the molecule is CC(C)C(N)CN(CC1CC1)C(C)C. The van der Waals surface area contributed by atoms with Crippen molar-refractivity contribution in [2.75, 3.05) is 13.1 Å². The zero-order valence-electron chi connectivity index (χ0n) is 10.2. The van der Waals surface area contributed by atoms with Gasteiger partial charge in [-0.05, 0) is 38.5 Å². The maximum Gasteiger partial charge on any atom is 0.0191 e. The molecule has 1 aliphatic carbocycles. The Morgan fingerprint density at radius 1 is 1.21 bits per heavy atom. The van der Waals surface area contributed by atoms with E-state index in [-0.39, 0.29) is 0 Å². The van der Waals surface area contributed by atoms with E-state index >= 15 is 0 Å². The molecular weight excluding hydrogens is 172 g/mol. The van der Waals surface area contributed by atoms with Gasteiger partial charge in [-0.2, -0.15) is 0 Å². The highest BCUT2D eigenvalue weighted by Crippen LogP contribution is 2.30. The quantitative estimate of drug-likeness (QED) is 0.708. The number of nitrogens with two attached hydrogens (primary N) is 1. The largest absolute Gasteiger partial charge is 0.326 e. The van der Waals surface area contributed by atoms with E-state index in [4.69, 9.17) is 5.73 Å². The summed E-state index contributed by atoms with van der Waals surface area (Å²) in [4.78, 5) is 2.54. The number of rotatable bonds is 6. The van der Waals surface area contributed by atoms with Crippen LogP contribution in [-0.4, -0.2) is 30.1 Å². The lowest BCUT2D eigenvalue weighted by Gasteiger charge is -2.30. The van der Waals surface area contributed by atoms with E-state index in [0.29, 0.717) is 18.0 Å². The first-order chi connectivity index (χ1) is 6.50. The summed E-state index contributed by atoms with van der Waals surface area (Å²) < 4.78 is 0. The van der Waals surface area contributed by atoms with Crippen LogP contribution in [0.4, 0.5) is 0 Å². The third-order valence-corrected chi connectivity index (χ3v) is 3.22. The van der Waals surface area contributed by atoms with Crippen molar-refractivity contribution in [3.8, 4) is 0 Å². The summed E-state index contributed by atoms with van der Waals surface area (Å²) in [5.74, 6) is 1.56. The summed E-state index contributed by atoms with van der Waals surface area (Å²) in [5, 5.41) is 0. The van der Waals surface area contributed by atoms with Gasteiger partial charge >= 0.3 is 0 Å². The fourth-order valence-electron chi connectivity index (χ4n) is 1.61. The average Bonchev–Trinajstić information content (AvgIpc) is 2.86. The Morgan fingerprint density at radius 3 is 2.14 bits per heavy atom. The third-order valence-electron chi connectivity index (χ3n) is 3.22. The second-order valence-corrected chi connectivity index (χ2v) is 5.40. The summed E-state index contributed by atoms with van der Waals surface area (Å²) in [6.45, 7) is 11.3. The van der Waals surface area contributed by atoms with Crippen molar-refractivity contribution < 1.29 is 0 Å². The van der Waals surface area contributed by atoms with Crippen LogP contribution in [0.2, 0.25) is 0 Å². The molecule has 0 bridgehead atoms. The Bertz CT molecular complexity index is 162. The average molecular weight is 198 g/mol. The van der Waals surface area contributed by atoms with E-state index in [0.717, 1.165) is 12.5 Å². The summed E-state index contributed by atoms with van der Waals surface area (Å²) in [5.41, 5.74) is 6.11. The Hall–Kier alpha value is -0.0800. The van der Waals surface area contributed by atoms with Gasteiger partial charge in [-0.15, -0.1) is 0 Å². The second kappa shape index (κ2) is 5.13. The highest BCUT2D eigenvalue weighted by Gasteiger charge is 2.26. The molecular formula is C12H26N2. The summed E-state index contributed by atoms with van der Waals surface area (Å²) in [6, 6.07) is 0.969. The van der Waals surface area contributed by atoms with Crippen molar-refractivity contribution in [2.24, 2.45) is 17.6 Å². The smallest absolute Gasteiger partial charge is 0.0191 e. The van der Waals surface area contributed by atoms with Gasteiger partial charge in [0.25, 0.3) is 0 Å². The molecule has 0 aromatic heterocycles. The first kappa shape index (κ1) is 12.0. The van der Waals surface area contributed by atoms with Crippen molar-refractivity contribution in [3.63, 3.8) is 0 Å². The van der Waals surface area contributed by atoms with Crippen molar-refractivity contribution >= 4 is 0 Å². The molecule has 0 aliphatic heterocycles. The van der Waals surface area contributed by atoms with Crippen LogP contribution >= 0.6 is 0 Å². The highest BCUT2D eigenvalue weighted by molar-refractivity contribution is 4.81. The fourth-order valence-corrected chi connectivity index (χ4v) is 1.61. The monoisotopic (exact) mass is 198 g/mol. The minimum atomic E-state index is 0.330. The summed E-state index contributed by atoms with van der Waals surface area (Å²) in [6.07, 6.45) is 2.86. The molecule has 0 amide bonds. The van der Waals surface area contributed by atoms with Gasteiger partial charge in [0.05, 0.1) is 0 Å². The lowest BCUT2D eigenvalue weighted by atomic mass is 10.0. The molecule has 1 unspecified atom stereocenters. The van der Waals surface area contributed by atoms with Gasteiger partial charge in [-0.3, -0.25) is 4.90 Å². The molecule has 1 aliphatic rings. The maximum absolute atomic E-state index is 6.11. The normalized spacial score (nSPS) is 19.7. The zero-order valence-corrected chi connectivity index (χ0v) is 10.2. The van der Waals surface area contributed by atoms with Crippen LogP contribution < -0.4 is 5.73 Å². The van der Waals surface area contributed by atoms with Crippen molar-refractivity contribution in [3.05, 3.63) is 0 Å². The molecule has 1 fully saturated rings. The first-order valence-corrected chi connectivity index (χ1v) is 6.00. The van der Waals surface area contributed by atoms with Gasteiger partial charge < -0.3 is 5.73 Å². The van der Waals surface area contributed by atoms with Gasteiger partial charge in [0.15, 0.2) is 0 Å². The molecule has 0 saturated heterocycles. The Morgan fingerprint density at radius 2 is 1.79 bits per heavy atom. The Balaban J connectivity index is 2.33. The number of hydrogen-bond acceptors (Lipinski definition) is 2. The van der Waals surface area contributed by atoms with Crippen molar-refractivity contribution in [1.82, 2.24) is 4.90 Å². The molecule has 1 saturated carbocycles. The molecule has 14 heavy (non-hydrogen) atoms. The van der Waals surface area contributed by atoms with Crippen LogP contribution in [0.5, 0.6) is 0 Å². The maximum atomic E-state index is 6.11. The standard InChI is InChI=1S/C12H26N2/c1-9(2)12(13)8-14(10(3)4)7-11-5-6-11/h9-12H,5-8,13H2,1-4H3. The zero-order chi connectivity index (χ0) is 10.7. The molecule has 2 nitrogen and oxygen atoms in total. The minimum absolute atomic E-state index is 0.330. The summed E-state index contributed by atoms with van der Waals surface area (Å²) >= 11 is 0. The molecule has 2 heteroatoms. The van der Waals surface area contributed by atoms with E-state index in [2.05, 4.69) is 32.6 Å². The van der Waals surface area contributed by atoms with Crippen LogP contribution in [0.15, 0.2) is 0 Å². The third kappa shape index (κ3) is 3.97. The van der Waals surface area contributed by atoms with Gasteiger partial charge in [-0.25, -0.2) is 0 Å². The predicted molar refractivity (Wildman–Crippen MR) is 62.2 cm³/mol. The summed E-state index contributed by atoms with van der Waals surface area (Å²) in [7, 11) is 0. The molecule has 0 spiro atoms. The molecule has 84 valence electrons. The van der Waals surface area contributed by atoms with Crippen LogP contribution in [-0.2, 0) is 0 Å². The van der Waals surface area contributed by atoms with Crippen LogP contribution in [0.1, 0.15) is 40.5 Å². The lowest BCUT2D eigenvalue weighted by molar-refractivity contribution is 0.187. The van der Waals surface area contributed by atoms with Gasteiger partial charge in [0, 0.05) is 25.2 Å². The number of hydrogen-bond donors (Lipinski definition) is 1. The minimum Gasteiger partial charge on any atom is -0.326 e. The van der Waals surface area contributed by atoms with E-state index < -0.39 is 0 Å². The van der Waals surface area contributed by atoms with Crippen LogP contribution in [0.25, 0.3) is 0 Å². The lowest BCUT2D eigenvalue weighted by Crippen LogP contribution is -2.44. The van der Waals surface area contributed by atoms with E-state index in [9.17, 15) is 0 Å². The Labute approximate surface area is 88.8 Å². The molecule has 1 rings (SSSR count). The molecule has 0 radical (unpaired) electrons. The topological polar surface area (TPSA) is 29.3 Å². The highest BCUT2D eigenvalue weighted by atomic mass is 15.2. The Kier molecular flexibility index (Phi) is 4.39. The van der Waals surface area contributed by atoms with E-state index in [1.165, 1.54) is 19.4 Å². The first-order valence-electron chi connectivity index (χ1n) is 6.00. The van der Waals surface area contributed by atoms with Gasteiger partial charge in [0.2, 0.25) is 0 Å². The van der Waals surface area contributed by atoms with Gasteiger partial charge in [0.1, 0.15) is 0 Å². The van der Waals surface area contributed by atoms with Gasteiger partial charge in [-0.1, -0.05) is 13.8 Å². The molecule has 0 aromatic carbocycles. The molecule has 2 N–H and O–H groups in total. The number of nitrogens with zero attached hydrogens (tertiary/aromatic N) is 1. The molecule has 1 atom stereocenters. The van der Waals surface area contributed by atoms with Crippen LogP contribution in [0.3, 0.4) is 0 Å². The van der Waals surface area contributed by atoms with E-state index in [1.54, 1.807) is 0 Å². The fraction of sp³-hybridized carbons (Fsp3) is 1.00. The second-order valence-electron chi connectivity index (χ2n) is 5.40. The molecule has 0 aromatic rings. The van der Waals surface area contributed by atoms with Crippen molar-refractivity contribution in [2.45, 2.75) is 52.6 Å². The molecule has 0 heterocycles.